The molecule has 2 saturated heterocycles. The van der Waals surface area contributed by atoms with Gasteiger partial charge >= 0.3 is 0 Å². The summed E-state index contributed by atoms with van der Waals surface area (Å²) in [6.45, 7) is 0.0206. The number of fused-ring (bicyclic) bond motifs is 2. The van der Waals surface area contributed by atoms with Crippen molar-refractivity contribution in [3.8, 4) is 0 Å². The topological polar surface area (TPSA) is 70.2 Å². The Morgan fingerprint density at radius 1 is 1.08 bits per heavy atom. The average molecular weight is 417 g/mol. The van der Waals surface area contributed by atoms with Crippen molar-refractivity contribution in [2.75, 3.05) is 11.9 Å². The lowest BCUT2D eigenvalue weighted by Crippen LogP contribution is -2.40. The summed E-state index contributed by atoms with van der Waals surface area (Å²) in [6.07, 6.45) is 5.15. The number of nitrogens with one attached hydrogen (secondary N) is 3. The van der Waals surface area contributed by atoms with Gasteiger partial charge in [0.15, 0.2) is 0 Å². The minimum absolute atomic E-state index is 0. The molecule has 5 nitrogen and oxygen atoms in total. The summed E-state index contributed by atoms with van der Waals surface area (Å²) in [6, 6.07) is 8.53. The van der Waals surface area contributed by atoms with Gasteiger partial charge in [-0.25, -0.2) is 0 Å². The third-order valence-electron chi connectivity index (χ3n) is 4.62. The first-order valence-corrected chi connectivity index (χ1v) is 8.96. The smallest absolute Gasteiger partial charge is 0.243 e. The number of halogens is 2. The van der Waals surface area contributed by atoms with Crippen molar-refractivity contribution < 1.29 is 9.59 Å². The molecule has 2 atom stereocenters. The predicted molar refractivity (Wildman–Crippen MR) is 100 cm³/mol. The van der Waals surface area contributed by atoms with Crippen LogP contribution >= 0.6 is 28.3 Å². The molecule has 3 rings (SSSR count). The van der Waals surface area contributed by atoms with Crippen molar-refractivity contribution in [1.29, 1.82) is 0 Å². The highest BCUT2D eigenvalue weighted by Gasteiger charge is 2.34. The van der Waals surface area contributed by atoms with E-state index < -0.39 is 0 Å². The van der Waals surface area contributed by atoms with Gasteiger partial charge in [-0.2, -0.15) is 0 Å². The van der Waals surface area contributed by atoms with E-state index in [1.54, 1.807) is 0 Å². The molecule has 7 heteroatoms. The first kappa shape index (κ1) is 19.2. The van der Waals surface area contributed by atoms with Crippen molar-refractivity contribution in [2.24, 2.45) is 5.92 Å². The summed E-state index contributed by atoms with van der Waals surface area (Å²) in [7, 11) is 0. The summed E-state index contributed by atoms with van der Waals surface area (Å²) < 4.78 is 0.958. The molecule has 2 amide bonds. The molecule has 2 heterocycles. The minimum atomic E-state index is -0.203. The zero-order valence-corrected chi connectivity index (χ0v) is 15.8. The lowest BCUT2D eigenvalue weighted by Gasteiger charge is -2.28. The monoisotopic (exact) mass is 415 g/mol. The number of amides is 2. The standard InChI is InChI=1S/C17H22BrN3O2.ClH/c18-12-1-3-13(4-2-12)21-17(23)10-19-16(22)9-11-7-14-5-6-15(8-11)20-14;/h1-4,11,14-15,20H,5-10H2,(H,19,22)(H,21,23);1H. The van der Waals surface area contributed by atoms with Crippen LogP contribution in [0.15, 0.2) is 28.7 Å². The molecule has 0 spiro atoms. The van der Waals surface area contributed by atoms with Crippen LogP contribution in [0.3, 0.4) is 0 Å². The van der Waals surface area contributed by atoms with E-state index in [0.29, 0.717) is 24.4 Å². The highest BCUT2D eigenvalue weighted by atomic mass is 79.9. The molecule has 0 aliphatic carbocycles. The molecule has 3 N–H and O–H groups in total. The van der Waals surface area contributed by atoms with Crippen LogP contribution in [0.2, 0.25) is 0 Å². The SMILES string of the molecule is Cl.O=C(CC1CC2CCC(C1)N2)NCC(=O)Nc1ccc(Br)cc1. The number of hydrogen-bond donors (Lipinski definition) is 3. The Morgan fingerprint density at radius 2 is 1.71 bits per heavy atom. The Balaban J connectivity index is 0.00000208. The molecule has 0 radical (unpaired) electrons. The van der Waals surface area contributed by atoms with Crippen LogP contribution in [0.4, 0.5) is 5.69 Å². The Hall–Kier alpha value is -1.11. The third-order valence-corrected chi connectivity index (χ3v) is 5.15. The van der Waals surface area contributed by atoms with Crippen LogP contribution < -0.4 is 16.0 Å². The van der Waals surface area contributed by atoms with Crippen LogP contribution in [-0.4, -0.2) is 30.4 Å². The zero-order valence-electron chi connectivity index (χ0n) is 13.4. The van der Waals surface area contributed by atoms with Crippen molar-refractivity contribution in [3.05, 3.63) is 28.7 Å². The third kappa shape index (κ3) is 5.46. The number of benzene rings is 1. The summed E-state index contributed by atoms with van der Waals surface area (Å²) in [5, 5.41) is 9.07. The molecule has 1 aromatic carbocycles. The van der Waals surface area contributed by atoms with E-state index in [9.17, 15) is 9.59 Å². The average Bonchev–Trinajstić information content (AvgIpc) is 2.86. The fourth-order valence-electron chi connectivity index (χ4n) is 3.59. The van der Waals surface area contributed by atoms with Gasteiger partial charge in [-0.1, -0.05) is 15.9 Å². The second-order valence-corrected chi connectivity index (χ2v) is 7.43. The normalized spacial score (nSPS) is 24.8. The Bertz CT molecular complexity index is 570. The molecule has 2 aliphatic heterocycles. The number of anilines is 1. The van der Waals surface area contributed by atoms with Gasteiger partial charge in [-0.3, -0.25) is 9.59 Å². The summed E-state index contributed by atoms with van der Waals surface area (Å²) in [4.78, 5) is 23.9. The second-order valence-electron chi connectivity index (χ2n) is 6.51. The number of hydrogen-bond acceptors (Lipinski definition) is 3. The summed E-state index contributed by atoms with van der Waals surface area (Å²) >= 11 is 3.35. The zero-order chi connectivity index (χ0) is 16.2. The molecule has 2 aliphatic rings. The maximum Gasteiger partial charge on any atom is 0.243 e. The van der Waals surface area contributed by atoms with Gasteiger partial charge in [0.05, 0.1) is 6.54 Å². The highest BCUT2D eigenvalue weighted by molar-refractivity contribution is 9.10. The summed E-state index contributed by atoms with van der Waals surface area (Å²) in [5.41, 5.74) is 0.724. The molecule has 132 valence electrons. The Labute approximate surface area is 156 Å². The fourth-order valence-corrected chi connectivity index (χ4v) is 3.86. The van der Waals surface area contributed by atoms with E-state index in [1.807, 2.05) is 24.3 Å². The fraction of sp³-hybridized carbons (Fsp3) is 0.529. The molecule has 2 unspecified atom stereocenters. The molecule has 0 saturated carbocycles. The first-order valence-electron chi connectivity index (χ1n) is 8.16. The molecular formula is C17H23BrClN3O2. The highest BCUT2D eigenvalue weighted by Crippen LogP contribution is 2.32. The minimum Gasteiger partial charge on any atom is -0.347 e. The predicted octanol–water partition coefficient (Wildman–Crippen LogP) is 2.85. The number of carbonyl (C=O) groups is 2. The lowest BCUT2D eigenvalue weighted by atomic mass is 9.89. The molecule has 1 aromatic rings. The van der Waals surface area contributed by atoms with Crippen LogP contribution in [0, 0.1) is 5.92 Å². The number of piperidine rings is 1. The van der Waals surface area contributed by atoms with Gasteiger partial charge in [-0.05, 0) is 55.9 Å². The quantitative estimate of drug-likeness (QED) is 0.691. The van der Waals surface area contributed by atoms with E-state index in [0.717, 1.165) is 23.0 Å². The molecule has 2 fully saturated rings. The molecule has 2 bridgehead atoms. The maximum atomic E-state index is 12.0. The Morgan fingerprint density at radius 3 is 2.33 bits per heavy atom. The number of carbonyl (C=O) groups excluding carboxylic acids is 2. The van der Waals surface area contributed by atoms with Gasteiger partial charge < -0.3 is 16.0 Å². The van der Waals surface area contributed by atoms with Crippen molar-refractivity contribution >= 4 is 45.8 Å². The second kappa shape index (κ2) is 8.83. The van der Waals surface area contributed by atoms with Crippen LogP contribution in [0.5, 0.6) is 0 Å². The van der Waals surface area contributed by atoms with Gasteiger partial charge in [-0.15, -0.1) is 12.4 Å². The lowest BCUT2D eigenvalue weighted by molar-refractivity contribution is -0.125. The van der Waals surface area contributed by atoms with E-state index >= 15 is 0 Å². The van der Waals surface area contributed by atoms with E-state index in [-0.39, 0.29) is 30.8 Å². The first-order chi connectivity index (χ1) is 11.1. The molecule has 24 heavy (non-hydrogen) atoms. The Kier molecular flexibility index (Phi) is 7.07. The molecule has 0 aromatic heterocycles. The van der Waals surface area contributed by atoms with Gasteiger partial charge in [0.1, 0.15) is 0 Å². The summed E-state index contributed by atoms with van der Waals surface area (Å²) in [5.74, 6) is 0.219. The largest absolute Gasteiger partial charge is 0.347 e. The van der Waals surface area contributed by atoms with Gasteiger partial charge in [0.25, 0.3) is 0 Å². The van der Waals surface area contributed by atoms with E-state index in [2.05, 4.69) is 31.9 Å². The van der Waals surface area contributed by atoms with Crippen molar-refractivity contribution in [1.82, 2.24) is 10.6 Å². The van der Waals surface area contributed by atoms with Crippen molar-refractivity contribution in [3.63, 3.8) is 0 Å². The van der Waals surface area contributed by atoms with Crippen LogP contribution in [0.25, 0.3) is 0 Å². The van der Waals surface area contributed by atoms with Gasteiger partial charge in [0, 0.05) is 28.7 Å². The van der Waals surface area contributed by atoms with E-state index in [4.69, 9.17) is 0 Å². The number of rotatable bonds is 5. The molecular weight excluding hydrogens is 394 g/mol. The van der Waals surface area contributed by atoms with E-state index in [1.165, 1.54) is 12.8 Å². The van der Waals surface area contributed by atoms with Crippen LogP contribution in [-0.2, 0) is 9.59 Å². The van der Waals surface area contributed by atoms with Gasteiger partial charge in [0.2, 0.25) is 11.8 Å². The maximum absolute atomic E-state index is 12.0. The van der Waals surface area contributed by atoms with Crippen molar-refractivity contribution in [2.45, 2.75) is 44.2 Å². The van der Waals surface area contributed by atoms with Crippen LogP contribution in [0.1, 0.15) is 32.1 Å².